The highest BCUT2D eigenvalue weighted by Crippen LogP contribution is 2.30. The minimum atomic E-state index is -4.45. The van der Waals surface area contributed by atoms with Crippen molar-refractivity contribution >= 4 is 5.91 Å². The van der Waals surface area contributed by atoms with Crippen molar-refractivity contribution < 1.29 is 32.3 Å². The van der Waals surface area contributed by atoms with Crippen molar-refractivity contribution in [1.29, 1.82) is 0 Å². The molecule has 0 bridgehead atoms. The Morgan fingerprint density at radius 1 is 1.39 bits per heavy atom. The van der Waals surface area contributed by atoms with Crippen molar-refractivity contribution in [2.24, 2.45) is 0 Å². The van der Waals surface area contributed by atoms with Gasteiger partial charge in [-0.3, -0.25) is 4.79 Å². The molecule has 0 radical (unpaired) electrons. The standard InChI is InChI=1S/C14H13F3N2O4/c1-22-12-6-11(23-19-12)13(21)18-10(7-20)8-2-4-9(5-3-8)14(15,16)17/h2-6,10,20H,7H2,1H3,(H,18,21). The normalized spacial score (nSPS) is 12.7. The number of carbonyl (C=O) groups is 1. The monoisotopic (exact) mass is 330 g/mol. The lowest BCUT2D eigenvalue weighted by atomic mass is 10.0. The molecule has 0 aliphatic carbocycles. The summed E-state index contributed by atoms with van der Waals surface area (Å²) in [5.41, 5.74) is -0.496. The Labute approximate surface area is 128 Å². The van der Waals surface area contributed by atoms with Gasteiger partial charge >= 0.3 is 6.18 Å². The molecule has 0 saturated heterocycles. The summed E-state index contributed by atoms with van der Waals surface area (Å²) < 4.78 is 47.1. The minimum absolute atomic E-state index is 0.102. The number of aliphatic hydroxyl groups is 1. The molecular formula is C14H13F3N2O4. The largest absolute Gasteiger partial charge is 0.479 e. The fourth-order valence-corrected chi connectivity index (χ4v) is 1.83. The summed E-state index contributed by atoms with van der Waals surface area (Å²) in [6, 6.07) is 4.48. The Balaban J connectivity index is 2.11. The van der Waals surface area contributed by atoms with Crippen molar-refractivity contribution in [3.05, 3.63) is 47.2 Å². The molecule has 9 heteroatoms. The first kappa shape index (κ1) is 16.8. The van der Waals surface area contributed by atoms with E-state index in [1.807, 2.05) is 0 Å². The molecule has 2 N–H and O–H groups in total. The number of rotatable bonds is 5. The minimum Gasteiger partial charge on any atom is -0.479 e. The Morgan fingerprint density at radius 2 is 2.04 bits per heavy atom. The number of aliphatic hydroxyl groups excluding tert-OH is 1. The van der Waals surface area contributed by atoms with Crippen LogP contribution in [0.15, 0.2) is 34.9 Å². The number of halogens is 3. The molecule has 1 amide bonds. The van der Waals surface area contributed by atoms with Crippen LogP contribution in [0.4, 0.5) is 13.2 Å². The van der Waals surface area contributed by atoms with Crippen LogP contribution in [0.2, 0.25) is 0 Å². The number of hydrogen-bond donors (Lipinski definition) is 2. The van der Waals surface area contributed by atoms with Crippen LogP contribution in [0.1, 0.15) is 27.7 Å². The number of benzene rings is 1. The number of amides is 1. The second-order valence-corrected chi connectivity index (χ2v) is 4.56. The van der Waals surface area contributed by atoms with E-state index in [9.17, 15) is 23.1 Å². The van der Waals surface area contributed by atoms with Gasteiger partial charge in [0.2, 0.25) is 5.76 Å². The van der Waals surface area contributed by atoms with Gasteiger partial charge in [-0.1, -0.05) is 12.1 Å². The number of nitrogens with zero attached hydrogens (tertiary/aromatic N) is 1. The molecule has 0 fully saturated rings. The van der Waals surface area contributed by atoms with Crippen LogP contribution >= 0.6 is 0 Å². The molecular weight excluding hydrogens is 317 g/mol. The molecule has 0 aliphatic heterocycles. The Kier molecular flexibility index (Phi) is 4.89. The molecule has 6 nitrogen and oxygen atoms in total. The summed E-state index contributed by atoms with van der Waals surface area (Å²) in [5.74, 6) is -0.725. The van der Waals surface area contributed by atoms with Crippen molar-refractivity contribution in [3.8, 4) is 5.88 Å². The summed E-state index contributed by atoms with van der Waals surface area (Å²) >= 11 is 0. The zero-order valence-electron chi connectivity index (χ0n) is 11.9. The second-order valence-electron chi connectivity index (χ2n) is 4.56. The fraction of sp³-hybridized carbons (Fsp3) is 0.286. The van der Waals surface area contributed by atoms with E-state index < -0.39 is 30.3 Å². The first-order valence-corrected chi connectivity index (χ1v) is 6.44. The molecule has 1 aromatic heterocycles. The zero-order chi connectivity index (χ0) is 17.0. The first-order valence-electron chi connectivity index (χ1n) is 6.44. The molecule has 1 atom stereocenters. The van der Waals surface area contributed by atoms with E-state index in [0.29, 0.717) is 5.56 Å². The average Bonchev–Trinajstić information content (AvgIpc) is 3.01. The quantitative estimate of drug-likeness (QED) is 0.878. The molecule has 2 rings (SSSR count). The first-order chi connectivity index (χ1) is 10.8. The van der Waals surface area contributed by atoms with Gasteiger partial charge in [0.25, 0.3) is 11.8 Å². The van der Waals surface area contributed by atoms with Crippen molar-refractivity contribution in [2.45, 2.75) is 12.2 Å². The van der Waals surface area contributed by atoms with Gasteiger partial charge in [-0.2, -0.15) is 13.2 Å². The van der Waals surface area contributed by atoms with E-state index in [-0.39, 0.29) is 11.6 Å². The molecule has 0 aliphatic rings. The molecule has 0 saturated carbocycles. The van der Waals surface area contributed by atoms with Crippen LogP contribution in [0.3, 0.4) is 0 Å². The maximum atomic E-state index is 12.5. The molecule has 124 valence electrons. The summed E-state index contributed by atoms with van der Waals surface area (Å²) in [7, 11) is 1.35. The zero-order valence-corrected chi connectivity index (χ0v) is 11.9. The van der Waals surface area contributed by atoms with Crippen LogP contribution in [0.5, 0.6) is 5.88 Å². The highest BCUT2D eigenvalue weighted by Gasteiger charge is 2.30. The van der Waals surface area contributed by atoms with Gasteiger partial charge < -0.3 is 19.7 Å². The van der Waals surface area contributed by atoms with Gasteiger partial charge in [0.05, 0.1) is 31.4 Å². The van der Waals surface area contributed by atoms with E-state index >= 15 is 0 Å². The summed E-state index contributed by atoms with van der Waals surface area (Å²) in [4.78, 5) is 12.0. The van der Waals surface area contributed by atoms with Crippen molar-refractivity contribution in [1.82, 2.24) is 10.5 Å². The van der Waals surface area contributed by atoms with Gasteiger partial charge in [0, 0.05) is 0 Å². The molecule has 1 aromatic carbocycles. The SMILES string of the molecule is COc1cc(C(=O)NC(CO)c2ccc(C(F)(F)F)cc2)on1. The van der Waals surface area contributed by atoms with E-state index in [2.05, 4.69) is 10.5 Å². The van der Waals surface area contributed by atoms with Gasteiger partial charge in [-0.15, -0.1) is 0 Å². The average molecular weight is 330 g/mol. The molecule has 23 heavy (non-hydrogen) atoms. The van der Waals surface area contributed by atoms with E-state index in [4.69, 9.17) is 9.26 Å². The molecule has 2 aromatic rings. The molecule has 1 heterocycles. The number of nitrogens with one attached hydrogen (secondary N) is 1. The number of methoxy groups -OCH3 is 1. The van der Waals surface area contributed by atoms with Crippen LogP contribution in [-0.2, 0) is 6.18 Å². The Hall–Kier alpha value is -2.55. The second kappa shape index (κ2) is 6.69. The fourth-order valence-electron chi connectivity index (χ4n) is 1.83. The number of ether oxygens (including phenoxy) is 1. The number of alkyl halides is 3. The predicted molar refractivity (Wildman–Crippen MR) is 71.8 cm³/mol. The maximum absolute atomic E-state index is 12.5. The van der Waals surface area contributed by atoms with E-state index in [1.54, 1.807) is 0 Å². The van der Waals surface area contributed by atoms with Crippen LogP contribution < -0.4 is 10.1 Å². The highest BCUT2D eigenvalue weighted by atomic mass is 19.4. The third-order valence-electron chi connectivity index (χ3n) is 3.05. The maximum Gasteiger partial charge on any atom is 0.416 e. The number of hydrogen-bond acceptors (Lipinski definition) is 5. The topological polar surface area (TPSA) is 84.6 Å². The van der Waals surface area contributed by atoms with Gasteiger partial charge in [-0.05, 0) is 22.9 Å². The smallest absolute Gasteiger partial charge is 0.416 e. The van der Waals surface area contributed by atoms with E-state index in [0.717, 1.165) is 12.1 Å². The summed E-state index contributed by atoms with van der Waals surface area (Å²) in [5, 5.41) is 15.2. The van der Waals surface area contributed by atoms with Crippen molar-refractivity contribution in [3.63, 3.8) is 0 Å². The van der Waals surface area contributed by atoms with Gasteiger partial charge in [-0.25, -0.2) is 0 Å². The van der Waals surface area contributed by atoms with E-state index in [1.165, 1.54) is 25.3 Å². The predicted octanol–water partition coefficient (Wildman–Crippen LogP) is 2.17. The van der Waals surface area contributed by atoms with Crippen LogP contribution in [0.25, 0.3) is 0 Å². The lowest BCUT2D eigenvalue weighted by molar-refractivity contribution is -0.137. The Bertz CT molecular complexity index is 667. The molecule has 1 unspecified atom stereocenters. The lowest BCUT2D eigenvalue weighted by Gasteiger charge is -2.16. The number of aromatic nitrogens is 1. The van der Waals surface area contributed by atoms with Crippen LogP contribution in [-0.4, -0.2) is 29.9 Å². The lowest BCUT2D eigenvalue weighted by Crippen LogP contribution is -2.30. The molecule has 0 spiro atoms. The van der Waals surface area contributed by atoms with Gasteiger partial charge in [0.1, 0.15) is 0 Å². The summed E-state index contributed by atoms with van der Waals surface area (Å²) in [6.07, 6.45) is -4.45. The highest BCUT2D eigenvalue weighted by molar-refractivity contribution is 5.91. The third kappa shape index (κ3) is 4.01. The number of carbonyl (C=O) groups excluding carboxylic acids is 1. The van der Waals surface area contributed by atoms with Crippen molar-refractivity contribution in [2.75, 3.05) is 13.7 Å². The van der Waals surface area contributed by atoms with Crippen LogP contribution in [0, 0.1) is 0 Å². The summed E-state index contributed by atoms with van der Waals surface area (Å²) in [6.45, 7) is -0.498. The van der Waals surface area contributed by atoms with Gasteiger partial charge in [0.15, 0.2) is 0 Å². The third-order valence-corrected chi connectivity index (χ3v) is 3.05. The Morgan fingerprint density at radius 3 is 2.52 bits per heavy atom.